The minimum Gasteiger partial charge on any atom is -0.507 e. The van der Waals surface area contributed by atoms with Gasteiger partial charge in [0.25, 0.3) is 0 Å². The van der Waals surface area contributed by atoms with Crippen LogP contribution in [0.4, 0.5) is 5.69 Å². The van der Waals surface area contributed by atoms with Crippen LogP contribution in [0.5, 0.6) is 5.75 Å². The van der Waals surface area contributed by atoms with Crippen LogP contribution in [0, 0.1) is 0 Å². The molecule has 0 aliphatic carbocycles. The Hall–Kier alpha value is -2.00. The van der Waals surface area contributed by atoms with E-state index in [-0.39, 0.29) is 5.75 Å². The zero-order valence-electron chi connectivity index (χ0n) is 9.89. The number of hydrogen-bond donors (Lipinski definition) is 2. The first-order valence-electron chi connectivity index (χ1n) is 5.51. The molecule has 3 nitrogen and oxygen atoms in total. The van der Waals surface area contributed by atoms with Gasteiger partial charge in [-0.3, -0.25) is 5.43 Å². The quantitative estimate of drug-likeness (QED) is 0.650. The molecule has 0 aliphatic rings. The third kappa shape index (κ3) is 2.81. The molecule has 0 aromatic heterocycles. The Kier molecular flexibility index (Phi) is 3.85. The molecule has 0 amide bonds. The lowest BCUT2D eigenvalue weighted by Gasteiger charge is -2.06. The van der Waals surface area contributed by atoms with Crippen LogP contribution in [0.15, 0.2) is 53.6 Å². The van der Waals surface area contributed by atoms with E-state index in [1.165, 1.54) is 0 Å². The van der Waals surface area contributed by atoms with Crippen molar-refractivity contribution in [3.8, 4) is 5.75 Å². The van der Waals surface area contributed by atoms with Crippen molar-refractivity contribution in [1.29, 1.82) is 0 Å². The van der Waals surface area contributed by atoms with Crippen molar-refractivity contribution >= 4 is 23.0 Å². The largest absolute Gasteiger partial charge is 0.507 e. The molecule has 0 aliphatic heterocycles. The molecule has 0 fully saturated rings. The van der Waals surface area contributed by atoms with Crippen molar-refractivity contribution in [3.05, 3.63) is 59.1 Å². The van der Waals surface area contributed by atoms with E-state index in [0.29, 0.717) is 16.3 Å². The van der Waals surface area contributed by atoms with Gasteiger partial charge < -0.3 is 5.11 Å². The Morgan fingerprint density at radius 2 is 1.78 bits per heavy atom. The van der Waals surface area contributed by atoms with Gasteiger partial charge in [-0.1, -0.05) is 35.9 Å². The fraction of sp³-hybridized carbons (Fsp3) is 0.0714. The zero-order chi connectivity index (χ0) is 13.0. The van der Waals surface area contributed by atoms with Gasteiger partial charge in [0.05, 0.1) is 16.4 Å². The smallest absolute Gasteiger partial charge is 0.124 e. The van der Waals surface area contributed by atoms with Gasteiger partial charge in [-0.2, -0.15) is 5.10 Å². The average Bonchev–Trinajstić information content (AvgIpc) is 2.38. The van der Waals surface area contributed by atoms with E-state index in [4.69, 9.17) is 11.6 Å². The van der Waals surface area contributed by atoms with E-state index in [0.717, 1.165) is 5.69 Å². The van der Waals surface area contributed by atoms with Crippen LogP contribution >= 0.6 is 11.6 Å². The lowest BCUT2D eigenvalue weighted by molar-refractivity contribution is 0.474. The van der Waals surface area contributed by atoms with E-state index < -0.39 is 0 Å². The average molecular weight is 261 g/mol. The fourth-order valence-corrected chi connectivity index (χ4v) is 1.71. The molecule has 0 atom stereocenters. The van der Waals surface area contributed by atoms with Gasteiger partial charge in [0.2, 0.25) is 0 Å². The van der Waals surface area contributed by atoms with Gasteiger partial charge >= 0.3 is 0 Å². The first-order chi connectivity index (χ1) is 8.68. The standard InChI is InChI=1S/C14H13ClN2O/c1-10(11-6-2-5-9-14(11)18)16-17-13-8-4-3-7-12(13)15/h2-9,17-18H,1H3. The molecule has 0 spiro atoms. The minimum atomic E-state index is 0.208. The predicted octanol–water partition coefficient (Wildman–Crippen LogP) is 3.88. The van der Waals surface area contributed by atoms with Crippen molar-refractivity contribution in [1.82, 2.24) is 0 Å². The summed E-state index contributed by atoms with van der Waals surface area (Å²) in [5.41, 5.74) is 4.99. The molecule has 2 rings (SSSR count). The zero-order valence-corrected chi connectivity index (χ0v) is 10.6. The SMILES string of the molecule is CC(=NNc1ccccc1Cl)c1ccccc1O. The normalized spacial score (nSPS) is 11.3. The monoisotopic (exact) mass is 260 g/mol. The van der Waals surface area contributed by atoms with Gasteiger partial charge in [-0.25, -0.2) is 0 Å². The summed E-state index contributed by atoms with van der Waals surface area (Å²) in [4.78, 5) is 0. The molecule has 0 unspecified atom stereocenters. The van der Waals surface area contributed by atoms with E-state index in [9.17, 15) is 5.11 Å². The third-order valence-corrected chi connectivity index (χ3v) is 2.84. The van der Waals surface area contributed by atoms with Crippen LogP contribution in [0.2, 0.25) is 5.02 Å². The highest BCUT2D eigenvalue weighted by molar-refractivity contribution is 6.33. The number of benzene rings is 2. The van der Waals surface area contributed by atoms with E-state index >= 15 is 0 Å². The summed E-state index contributed by atoms with van der Waals surface area (Å²) >= 11 is 6.00. The molecule has 92 valence electrons. The predicted molar refractivity (Wildman–Crippen MR) is 75.4 cm³/mol. The summed E-state index contributed by atoms with van der Waals surface area (Å²) in [6.45, 7) is 1.82. The summed E-state index contributed by atoms with van der Waals surface area (Å²) in [5, 5.41) is 14.5. The summed E-state index contributed by atoms with van der Waals surface area (Å²) < 4.78 is 0. The van der Waals surface area contributed by atoms with E-state index in [1.807, 2.05) is 37.3 Å². The number of phenolic OH excluding ortho intramolecular Hbond substituents is 1. The summed E-state index contributed by atoms with van der Waals surface area (Å²) in [7, 11) is 0. The van der Waals surface area contributed by atoms with Crippen molar-refractivity contribution in [2.75, 3.05) is 5.43 Å². The fourth-order valence-electron chi connectivity index (χ4n) is 1.54. The van der Waals surface area contributed by atoms with Crippen molar-refractivity contribution in [2.45, 2.75) is 6.92 Å². The molecule has 2 aromatic rings. The van der Waals surface area contributed by atoms with E-state index in [2.05, 4.69) is 10.5 Å². The molecule has 0 heterocycles. The van der Waals surface area contributed by atoms with Crippen LogP contribution in [0.25, 0.3) is 0 Å². The Balaban J connectivity index is 2.20. The second-order valence-electron chi connectivity index (χ2n) is 3.81. The summed E-state index contributed by atoms with van der Waals surface area (Å²) in [6.07, 6.45) is 0. The van der Waals surface area contributed by atoms with Gasteiger partial charge in [0.1, 0.15) is 5.75 Å². The van der Waals surface area contributed by atoms with Crippen molar-refractivity contribution in [2.24, 2.45) is 5.10 Å². The number of anilines is 1. The van der Waals surface area contributed by atoms with Gasteiger partial charge in [-0.05, 0) is 31.2 Å². The highest BCUT2D eigenvalue weighted by Gasteiger charge is 2.03. The highest BCUT2D eigenvalue weighted by Crippen LogP contribution is 2.21. The molecule has 0 saturated heterocycles. The van der Waals surface area contributed by atoms with Crippen LogP contribution < -0.4 is 5.43 Å². The maximum Gasteiger partial charge on any atom is 0.124 e. The van der Waals surface area contributed by atoms with Gasteiger partial charge in [-0.15, -0.1) is 0 Å². The van der Waals surface area contributed by atoms with E-state index in [1.54, 1.807) is 18.2 Å². The number of para-hydroxylation sites is 2. The van der Waals surface area contributed by atoms with Crippen LogP contribution in [0.1, 0.15) is 12.5 Å². The summed E-state index contributed by atoms with van der Waals surface area (Å²) in [5.74, 6) is 0.208. The number of phenols is 1. The molecule has 0 saturated carbocycles. The second kappa shape index (κ2) is 5.56. The highest BCUT2D eigenvalue weighted by atomic mass is 35.5. The molecule has 4 heteroatoms. The Morgan fingerprint density at radius 3 is 2.50 bits per heavy atom. The number of hydrazone groups is 1. The molecule has 2 aromatic carbocycles. The third-order valence-electron chi connectivity index (χ3n) is 2.51. The Bertz CT molecular complexity index is 582. The van der Waals surface area contributed by atoms with Crippen molar-refractivity contribution in [3.63, 3.8) is 0 Å². The second-order valence-corrected chi connectivity index (χ2v) is 4.21. The molecule has 0 bridgehead atoms. The number of rotatable bonds is 3. The van der Waals surface area contributed by atoms with Crippen LogP contribution in [-0.2, 0) is 0 Å². The topological polar surface area (TPSA) is 44.6 Å². The first kappa shape index (κ1) is 12.5. The van der Waals surface area contributed by atoms with Gasteiger partial charge in [0, 0.05) is 5.56 Å². The first-order valence-corrected chi connectivity index (χ1v) is 5.89. The molecular formula is C14H13ClN2O. The maximum atomic E-state index is 9.70. The lowest BCUT2D eigenvalue weighted by Crippen LogP contribution is -2.00. The van der Waals surface area contributed by atoms with Crippen LogP contribution in [0.3, 0.4) is 0 Å². The summed E-state index contributed by atoms with van der Waals surface area (Å²) in [6, 6.07) is 14.4. The maximum absolute atomic E-state index is 9.70. The molecule has 2 N–H and O–H groups in total. The lowest BCUT2D eigenvalue weighted by atomic mass is 10.1. The number of halogens is 1. The van der Waals surface area contributed by atoms with Crippen LogP contribution in [-0.4, -0.2) is 10.8 Å². The molecule has 0 radical (unpaired) electrons. The number of aromatic hydroxyl groups is 1. The molecular weight excluding hydrogens is 248 g/mol. The number of hydrogen-bond acceptors (Lipinski definition) is 3. The van der Waals surface area contributed by atoms with Gasteiger partial charge in [0.15, 0.2) is 0 Å². The molecule has 18 heavy (non-hydrogen) atoms. The number of nitrogens with one attached hydrogen (secondary N) is 1. The van der Waals surface area contributed by atoms with Crippen molar-refractivity contribution < 1.29 is 5.11 Å². The Morgan fingerprint density at radius 1 is 1.11 bits per heavy atom. The Labute approximate surface area is 111 Å². The number of nitrogens with zero attached hydrogens (tertiary/aromatic N) is 1. The minimum absolute atomic E-state index is 0.208.